The Hall–Kier alpha value is -1.92. The van der Waals surface area contributed by atoms with E-state index < -0.39 is 0 Å². The molecule has 1 aromatic carbocycles. The fourth-order valence-electron chi connectivity index (χ4n) is 4.40. The van der Waals surface area contributed by atoms with Gasteiger partial charge in [0, 0.05) is 25.3 Å². The summed E-state index contributed by atoms with van der Waals surface area (Å²) in [6.45, 7) is 12.6. The van der Waals surface area contributed by atoms with Crippen molar-refractivity contribution in [3.8, 4) is 0 Å². The van der Waals surface area contributed by atoms with Gasteiger partial charge in [0.15, 0.2) is 0 Å². The second-order valence-electron chi connectivity index (χ2n) is 8.25. The van der Waals surface area contributed by atoms with Gasteiger partial charge in [-0.3, -0.25) is 14.5 Å². The van der Waals surface area contributed by atoms with Gasteiger partial charge < -0.3 is 16.0 Å². The molecule has 3 N–H and O–H groups in total. The molecule has 2 fully saturated rings. The number of carbonyl (C=O) groups is 2. The SMILES string of the molecule is Cc1cc(C)c(NC(=O)CNC(=O)CN2C[C@@H]3CNC[C@]3(C)C2)c(C)c1. The number of likely N-dealkylation sites (tertiary alicyclic amines) is 1. The molecule has 26 heavy (non-hydrogen) atoms. The van der Waals surface area contributed by atoms with Gasteiger partial charge in [-0.2, -0.15) is 0 Å². The average Bonchev–Trinajstić information content (AvgIpc) is 3.03. The fraction of sp³-hybridized carbons (Fsp3) is 0.600. The second kappa shape index (κ2) is 7.37. The Morgan fingerprint density at radius 3 is 2.58 bits per heavy atom. The van der Waals surface area contributed by atoms with Crippen LogP contribution < -0.4 is 16.0 Å². The molecule has 6 nitrogen and oxygen atoms in total. The van der Waals surface area contributed by atoms with Gasteiger partial charge in [0.05, 0.1) is 13.1 Å². The van der Waals surface area contributed by atoms with E-state index in [0.717, 1.165) is 43.0 Å². The highest BCUT2D eigenvalue weighted by molar-refractivity contribution is 5.96. The first-order chi connectivity index (χ1) is 12.3. The maximum absolute atomic E-state index is 12.2. The molecule has 0 radical (unpaired) electrons. The predicted octanol–water partition coefficient (Wildman–Crippen LogP) is 1.21. The van der Waals surface area contributed by atoms with Crippen LogP contribution in [0.2, 0.25) is 0 Å². The van der Waals surface area contributed by atoms with Crippen LogP contribution in [0.5, 0.6) is 0 Å². The van der Waals surface area contributed by atoms with Gasteiger partial charge >= 0.3 is 0 Å². The third kappa shape index (κ3) is 4.07. The number of hydrogen-bond acceptors (Lipinski definition) is 4. The average molecular weight is 358 g/mol. The lowest BCUT2D eigenvalue weighted by molar-refractivity contribution is -0.124. The van der Waals surface area contributed by atoms with Gasteiger partial charge in [-0.15, -0.1) is 0 Å². The largest absolute Gasteiger partial charge is 0.346 e. The van der Waals surface area contributed by atoms with Crippen molar-refractivity contribution in [3.05, 3.63) is 28.8 Å². The highest BCUT2D eigenvalue weighted by Gasteiger charge is 2.46. The number of carbonyl (C=O) groups excluding carboxylic acids is 2. The van der Waals surface area contributed by atoms with Crippen LogP contribution in [0.25, 0.3) is 0 Å². The van der Waals surface area contributed by atoms with Gasteiger partial charge in [0.2, 0.25) is 11.8 Å². The molecule has 6 heteroatoms. The van der Waals surface area contributed by atoms with Crippen LogP contribution in [-0.4, -0.2) is 56.0 Å². The molecule has 3 rings (SSSR count). The zero-order valence-corrected chi connectivity index (χ0v) is 16.2. The Morgan fingerprint density at radius 2 is 1.92 bits per heavy atom. The Kier molecular flexibility index (Phi) is 5.34. The molecule has 0 aliphatic carbocycles. The summed E-state index contributed by atoms with van der Waals surface area (Å²) in [6.07, 6.45) is 0. The van der Waals surface area contributed by atoms with Crippen LogP contribution in [0.1, 0.15) is 23.6 Å². The summed E-state index contributed by atoms with van der Waals surface area (Å²) >= 11 is 0. The number of amides is 2. The van der Waals surface area contributed by atoms with Crippen LogP contribution in [0.15, 0.2) is 12.1 Å². The van der Waals surface area contributed by atoms with Gasteiger partial charge in [-0.25, -0.2) is 0 Å². The molecule has 0 spiro atoms. The maximum atomic E-state index is 12.2. The van der Waals surface area contributed by atoms with Crippen LogP contribution in [-0.2, 0) is 9.59 Å². The van der Waals surface area contributed by atoms with Crippen molar-refractivity contribution in [1.29, 1.82) is 0 Å². The monoisotopic (exact) mass is 358 g/mol. The third-order valence-corrected chi connectivity index (χ3v) is 5.72. The minimum Gasteiger partial charge on any atom is -0.346 e. The zero-order valence-electron chi connectivity index (χ0n) is 16.2. The predicted molar refractivity (Wildman–Crippen MR) is 103 cm³/mol. The number of nitrogens with zero attached hydrogens (tertiary/aromatic N) is 1. The fourth-order valence-corrected chi connectivity index (χ4v) is 4.40. The van der Waals surface area contributed by atoms with Crippen molar-refractivity contribution < 1.29 is 9.59 Å². The number of hydrogen-bond donors (Lipinski definition) is 3. The van der Waals surface area contributed by atoms with Crippen LogP contribution in [0, 0.1) is 32.1 Å². The first kappa shape index (κ1) is 18.9. The highest BCUT2D eigenvalue weighted by Crippen LogP contribution is 2.37. The molecule has 2 aliphatic heterocycles. The molecule has 0 saturated carbocycles. The van der Waals surface area contributed by atoms with Gasteiger partial charge in [0.1, 0.15) is 0 Å². The minimum absolute atomic E-state index is 0.00167. The van der Waals surface area contributed by atoms with Crippen LogP contribution in [0.4, 0.5) is 5.69 Å². The molecule has 0 aromatic heterocycles. The molecule has 2 atom stereocenters. The number of rotatable bonds is 5. The first-order valence-corrected chi connectivity index (χ1v) is 9.34. The van der Waals surface area contributed by atoms with E-state index in [2.05, 4.69) is 27.8 Å². The molecule has 1 aromatic rings. The summed E-state index contributed by atoms with van der Waals surface area (Å²) in [7, 11) is 0. The second-order valence-corrected chi connectivity index (χ2v) is 8.25. The van der Waals surface area contributed by atoms with Crippen LogP contribution >= 0.6 is 0 Å². The van der Waals surface area contributed by atoms with E-state index in [9.17, 15) is 9.59 Å². The summed E-state index contributed by atoms with van der Waals surface area (Å²) in [6, 6.07) is 4.09. The van der Waals surface area contributed by atoms with E-state index in [-0.39, 0.29) is 23.8 Å². The molecule has 2 heterocycles. The van der Waals surface area contributed by atoms with Crippen molar-refractivity contribution in [3.63, 3.8) is 0 Å². The lowest BCUT2D eigenvalue weighted by Gasteiger charge is -2.22. The lowest BCUT2D eigenvalue weighted by atomic mass is 9.83. The van der Waals surface area contributed by atoms with E-state index in [1.165, 1.54) is 5.56 Å². The van der Waals surface area contributed by atoms with E-state index in [1.54, 1.807) is 0 Å². The van der Waals surface area contributed by atoms with Crippen molar-refractivity contribution in [1.82, 2.24) is 15.5 Å². The van der Waals surface area contributed by atoms with Crippen molar-refractivity contribution >= 4 is 17.5 Å². The number of aryl methyl sites for hydroxylation is 3. The van der Waals surface area contributed by atoms with E-state index in [4.69, 9.17) is 0 Å². The molecule has 0 unspecified atom stereocenters. The summed E-state index contributed by atoms with van der Waals surface area (Å²) < 4.78 is 0. The Labute approximate surface area is 155 Å². The van der Waals surface area contributed by atoms with Gasteiger partial charge in [-0.05, 0) is 49.8 Å². The Balaban J connectivity index is 1.46. The quantitative estimate of drug-likeness (QED) is 0.740. The van der Waals surface area contributed by atoms with Gasteiger partial charge in [0.25, 0.3) is 0 Å². The molecular formula is C20H30N4O2. The number of anilines is 1. The number of nitrogens with one attached hydrogen (secondary N) is 3. The minimum atomic E-state index is -0.192. The van der Waals surface area contributed by atoms with E-state index in [1.807, 2.05) is 32.9 Å². The summed E-state index contributed by atoms with van der Waals surface area (Å²) in [5, 5.41) is 9.10. The number of fused-ring (bicyclic) bond motifs is 1. The molecule has 2 aliphatic rings. The third-order valence-electron chi connectivity index (χ3n) is 5.72. The first-order valence-electron chi connectivity index (χ1n) is 9.34. The zero-order chi connectivity index (χ0) is 18.9. The molecular weight excluding hydrogens is 328 g/mol. The molecule has 2 amide bonds. The standard InChI is InChI=1S/C20H30N4O2/c1-13-5-14(2)19(15(3)6-13)23-17(25)8-22-18(26)10-24-9-16-7-21-11-20(16,4)12-24/h5-6,16,21H,7-12H2,1-4H3,(H,22,26)(H,23,25)/t16-,20+/m0/s1. The topological polar surface area (TPSA) is 73.5 Å². The van der Waals surface area contributed by atoms with Crippen LogP contribution in [0.3, 0.4) is 0 Å². The summed E-state index contributed by atoms with van der Waals surface area (Å²) in [5.41, 5.74) is 4.35. The van der Waals surface area contributed by atoms with Crippen molar-refractivity contribution in [2.75, 3.05) is 44.6 Å². The smallest absolute Gasteiger partial charge is 0.243 e. The summed E-state index contributed by atoms with van der Waals surface area (Å²) in [4.78, 5) is 26.6. The molecule has 2 saturated heterocycles. The maximum Gasteiger partial charge on any atom is 0.243 e. The van der Waals surface area contributed by atoms with E-state index in [0.29, 0.717) is 12.5 Å². The number of benzene rings is 1. The molecule has 142 valence electrons. The van der Waals surface area contributed by atoms with E-state index >= 15 is 0 Å². The van der Waals surface area contributed by atoms with Crippen molar-refractivity contribution in [2.24, 2.45) is 11.3 Å². The van der Waals surface area contributed by atoms with Gasteiger partial charge in [-0.1, -0.05) is 24.6 Å². The normalized spacial score (nSPS) is 25.2. The highest BCUT2D eigenvalue weighted by atomic mass is 16.2. The summed E-state index contributed by atoms with van der Waals surface area (Å²) in [5.74, 6) is 0.336. The Bertz CT molecular complexity index is 695. The van der Waals surface area contributed by atoms with Crippen molar-refractivity contribution in [2.45, 2.75) is 27.7 Å². The Morgan fingerprint density at radius 1 is 1.23 bits per heavy atom. The lowest BCUT2D eigenvalue weighted by Crippen LogP contribution is -2.41. The molecule has 0 bridgehead atoms.